The third kappa shape index (κ3) is 3.85. The van der Waals surface area contributed by atoms with Crippen molar-refractivity contribution >= 4 is 11.8 Å². The van der Waals surface area contributed by atoms with E-state index in [1.807, 2.05) is 11.9 Å². The number of carbonyl (C=O) groups is 2. The Hall–Kier alpha value is -1.78. The highest BCUT2D eigenvalue weighted by molar-refractivity contribution is 5.94. The third-order valence-corrected chi connectivity index (χ3v) is 3.92. The molecule has 0 aromatic carbocycles. The van der Waals surface area contributed by atoms with E-state index in [9.17, 15) is 9.59 Å². The molecule has 0 radical (unpaired) electrons. The lowest BCUT2D eigenvalue weighted by Crippen LogP contribution is -2.39. The van der Waals surface area contributed by atoms with Crippen LogP contribution in [0, 0.1) is 0 Å². The van der Waals surface area contributed by atoms with Crippen molar-refractivity contribution in [1.29, 1.82) is 0 Å². The molecule has 0 bridgehead atoms. The third-order valence-electron chi connectivity index (χ3n) is 3.92. The Labute approximate surface area is 119 Å². The molecule has 1 aliphatic rings. The van der Waals surface area contributed by atoms with Crippen molar-refractivity contribution in [3.63, 3.8) is 0 Å². The van der Waals surface area contributed by atoms with Crippen LogP contribution in [0.25, 0.3) is 0 Å². The van der Waals surface area contributed by atoms with Crippen molar-refractivity contribution in [2.24, 2.45) is 0 Å². The quantitative estimate of drug-likeness (QED) is 0.898. The van der Waals surface area contributed by atoms with E-state index in [0.29, 0.717) is 24.6 Å². The lowest BCUT2D eigenvalue weighted by molar-refractivity contribution is -0.132. The lowest BCUT2D eigenvalue weighted by Gasteiger charge is -2.31. The number of carbonyl (C=O) groups excluding carboxylic acids is 2. The van der Waals surface area contributed by atoms with Crippen LogP contribution in [-0.4, -0.2) is 36.3 Å². The molecule has 2 rings (SSSR count). The zero-order chi connectivity index (χ0) is 14.4. The van der Waals surface area contributed by atoms with Gasteiger partial charge in [0, 0.05) is 26.1 Å². The van der Waals surface area contributed by atoms with Gasteiger partial charge in [-0.2, -0.15) is 0 Å². The summed E-state index contributed by atoms with van der Waals surface area (Å²) in [5.74, 6) is -0.101. The summed E-state index contributed by atoms with van der Waals surface area (Å²) < 4.78 is 4.84. The van der Waals surface area contributed by atoms with Crippen LogP contribution in [-0.2, 0) is 4.79 Å². The Morgan fingerprint density at radius 3 is 2.75 bits per heavy atom. The average Bonchev–Trinajstić information content (AvgIpc) is 3.01. The second-order valence-electron chi connectivity index (χ2n) is 5.31. The van der Waals surface area contributed by atoms with Crippen molar-refractivity contribution in [1.82, 2.24) is 10.2 Å². The highest BCUT2D eigenvalue weighted by atomic mass is 16.3. The Bertz CT molecular complexity index is 436. The van der Waals surface area contributed by atoms with Gasteiger partial charge in [-0.15, -0.1) is 0 Å². The second kappa shape index (κ2) is 7.12. The van der Waals surface area contributed by atoms with Crippen molar-refractivity contribution < 1.29 is 14.0 Å². The highest BCUT2D eigenvalue weighted by Gasteiger charge is 2.21. The summed E-state index contributed by atoms with van der Waals surface area (Å²) in [5.41, 5.74) is 0.484. The number of hydrogen-bond acceptors (Lipinski definition) is 3. The van der Waals surface area contributed by atoms with Gasteiger partial charge in [-0.3, -0.25) is 9.59 Å². The fraction of sp³-hybridized carbons (Fsp3) is 0.600. The molecule has 1 aliphatic carbocycles. The molecule has 0 atom stereocenters. The number of nitrogens with zero attached hydrogens (tertiary/aromatic N) is 1. The summed E-state index contributed by atoms with van der Waals surface area (Å²) >= 11 is 0. The normalized spacial score (nSPS) is 15.8. The van der Waals surface area contributed by atoms with E-state index < -0.39 is 0 Å². The smallest absolute Gasteiger partial charge is 0.254 e. The van der Waals surface area contributed by atoms with Gasteiger partial charge in [-0.25, -0.2) is 0 Å². The monoisotopic (exact) mass is 278 g/mol. The molecule has 1 N–H and O–H groups in total. The largest absolute Gasteiger partial charge is 0.472 e. The van der Waals surface area contributed by atoms with Crippen LogP contribution in [0.15, 0.2) is 23.0 Å². The number of rotatable bonds is 5. The van der Waals surface area contributed by atoms with Gasteiger partial charge in [-0.1, -0.05) is 19.3 Å². The standard InChI is InChI=1S/C15H22N2O3/c1-17(13-5-3-2-4-6-13)14(18)7-9-16-15(19)12-8-10-20-11-12/h8,10-11,13H,2-7,9H2,1H3,(H,16,19). The topological polar surface area (TPSA) is 62.6 Å². The minimum Gasteiger partial charge on any atom is -0.472 e. The van der Waals surface area contributed by atoms with E-state index in [0.717, 1.165) is 12.8 Å². The molecule has 0 unspecified atom stereocenters. The molecule has 0 spiro atoms. The molecule has 1 aromatic heterocycles. The van der Waals surface area contributed by atoms with Crippen LogP contribution in [0.2, 0.25) is 0 Å². The van der Waals surface area contributed by atoms with Crippen molar-refractivity contribution in [3.8, 4) is 0 Å². The molecule has 110 valence electrons. The minimum atomic E-state index is -0.202. The van der Waals surface area contributed by atoms with E-state index in [1.165, 1.54) is 31.8 Å². The maximum absolute atomic E-state index is 12.1. The van der Waals surface area contributed by atoms with E-state index in [-0.39, 0.29) is 11.8 Å². The summed E-state index contributed by atoms with van der Waals surface area (Å²) in [6.07, 6.45) is 9.09. The molecular weight excluding hydrogens is 256 g/mol. The van der Waals surface area contributed by atoms with Crippen LogP contribution in [0.5, 0.6) is 0 Å². The Kier molecular flexibility index (Phi) is 5.21. The molecule has 2 amide bonds. The van der Waals surface area contributed by atoms with E-state index in [1.54, 1.807) is 6.07 Å². The summed E-state index contributed by atoms with van der Waals surface area (Å²) in [7, 11) is 1.87. The predicted molar refractivity (Wildman–Crippen MR) is 75.3 cm³/mol. The number of furan rings is 1. The molecule has 1 heterocycles. The van der Waals surface area contributed by atoms with E-state index >= 15 is 0 Å². The van der Waals surface area contributed by atoms with Crippen molar-refractivity contribution in [2.75, 3.05) is 13.6 Å². The fourth-order valence-electron chi connectivity index (χ4n) is 2.63. The highest BCUT2D eigenvalue weighted by Crippen LogP contribution is 2.21. The van der Waals surface area contributed by atoms with Crippen LogP contribution in [0.1, 0.15) is 48.9 Å². The van der Waals surface area contributed by atoms with Gasteiger partial charge in [0.05, 0.1) is 11.8 Å². The number of nitrogens with one attached hydrogen (secondary N) is 1. The van der Waals surface area contributed by atoms with Gasteiger partial charge in [0.2, 0.25) is 5.91 Å². The van der Waals surface area contributed by atoms with E-state index in [2.05, 4.69) is 5.32 Å². The van der Waals surface area contributed by atoms with E-state index in [4.69, 9.17) is 4.42 Å². The molecule has 1 fully saturated rings. The number of hydrogen-bond donors (Lipinski definition) is 1. The first-order chi connectivity index (χ1) is 9.68. The minimum absolute atomic E-state index is 0.101. The van der Waals surface area contributed by atoms with Crippen molar-refractivity contribution in [3.05, 3.63) is 24.2 Å². The molecule has 1 aromatic rings. The Morgan fingerprint density at radius 2 is 2.10 bits per heavy atom. The molecule has 5 heteroatoms. The van der Waals surface area contributed by atoms with Gasteiger partial charge in [-0.05, 0) is 18.9 Å². The van der Waals surface area contributed by atoms with Crippen LogP contribution in [0.3, 0.4) is 0 Å². The molecule has 20 heavy (non-hydrogen) atoms. The lowest BCUT2D eigenvalue weighted by atomic mass is 9.94. The first-order valence-electron chi connectivity index (χ1n) is 7.24. The maximum Gasteiger partial charge on any atom is 0.254 e. The van der Waals surface area contributed by atoms with Gasteiger partial charge in [0.25, 0.3) is 5.91 Å². The Morgan fingerprint density at radius 1 is 1.35 bits per heavy atom. The first kappa shape index (κ1) is 14.6. The van der Waals surface area contributed by atoms with Crippen molar-refractivity contribution in [2.45, 2.75) is 44.6 Å². The summed E-state index contributed by atoms with van der Waals surface area (Å²) in [4.78, 5) is 25.6. The van der Waals surface area contributed by atoms with Crippen LogP contribution in [0.4, 0.5) is 0 Å². The number of amides is 2. The SMILES string of the molecule is CN(C(=O)CCNC(=O)c1ccoc1)C1CCCCC1. The molecule has 0 saturated heterocycles. The summed E-state index contributed by atoms with van der Waals surface area (Å²) in [6, 6.07) is 1.98. The molecule has 0 aliphatic heterocycles. The summed E-state index contributed by atoms with van der Waals surface area (Å²) in [5, 5.41) is 2.73. The van der Waals surface area contributed by atoms with Gasteiger partial charge in [0.1, 0.15) is 6.26 Å². The summed E-state index contributed by atoms with van der Waals surface area (Å²) in [6.45, 7) is 0.361. The molecule has 1 saturated carbocycles. The maximum atomic E-state index is 12.1. The van der Waals surface area contributed by atoms with Gasteiger partial charge in [0.15, 0.2) is 0 Å². The van der Waals surface area contributed by atoms with Crippen LogP contribution < -0.4 is 5.32 Å². The molecular formula is C15H22N2O3. The Balaban J connectivity index is 1.70. The second-order valence-corrected chi connectivity index (χ2v) is 5.31. The fourth-order valence-corrected chi connectivity index (χ4v) is 2.63. The average molecular weight is 278 g/mol. The molecule has 5 nitrogen and oxygen atoms in total. The van der Waals surface area contributed by atoms with Gasteiger partial charge >= 0.3 is 0 Å². The zero-order valence-corrected chi connectivity index (χ0v) is 11.9. The van der Waals surface area contributed by atoms with Crippen LogP contribution >= 0.6 is 0 Å². The zero-order valence-electron chi connectivity index (χ0n) is 11.9. The predicted octanol–water partition coefficient (Wildman–Crippen LogP) is 2.19. The van der Waals surface area contributed by atoms with Gasteiger partial charge < -0.3 is 14.6 Å². The first-order valence-corrected chi connectivity index (χ1v) is 7.24.